The average Bonchev–Trinajstić information content (AvgIpc) is 4.01. The number of hydrogen-bond donors (Lipinski definition) is 0. The van der Waals surface area contributed by atoms with Gasteiger partial charge in [-0.2, -0.15) is 0 Å². The van der Waals surface area contributed by atoms with Crippen LogP contribution >= 0.6 is 0 Å². The minimum atomic E-state index is 0. The fraction of sp³-hybridized carbons (Fsp3) is 0.129. The molecule has 8 aromatic carbocycles. The molecule has 12 rings (SSSR count). The van der Waals surface area contributed by atoms with Crippen LogP contribution in [0.25, 0.3) is 99.2 Å². The molecule has 0 aliphatic heterocycles. The van der Waals surface area contributed by atoms with E-state index in [1.54, 1.807) is 0 Å². The predicted octanol–water partition coefficient (Wildman–Crippen LogP) is 16.1. The van der Waals surface area contributed by atoms with E-state index < -0.39 is 0 Å². The maximum absolute atomic E-state index is 6.78. The van der Waals surface area contributed by atoms with Gasteiger partial charge in [-0.1, -0.05) is 131 Å². The first-order valence-corrected chi connectivity index (χ1v) is 23.1. The van der Waals surface area contributed by atoms with E-state index >= 15 is 0 Å². The second kappa shape index (κ2) is 16.5. The number of imidazole rings is 2. The molecule has 0 spiro atoms. The number of benzene rings is 8. The van der Waals surface area contributed by atoms with Gasteiger partial charge >= 0.3 is 21.1 Å². The van der Waals surface area contributed by atoms with Crippen molar-refractivity contribution in [2.45, 2.75) is 55.4 Å². The molecule has 68 heavy (non-hydrogen) atoms. The van der Waals surface area contributed by atoms with Crippen LogP contribution in [-0.2, 0) is 21.1 Å². The molecule has 0 saturated heterocycles. The number of rotatable bonds is 6. The fourth-order valence-electron chi connectivity index (χ4n) is 11.2. The molecule has 5 nitrogen and oxygen atoms in total. The molecule has 0 bridgehead atoms. The molecule has 0 aliphatic rings. The third kappa shape index (κ3) is 6.70. The van der Waals surface area contributed by atoms with Gasteiger partial charge in [0.2, 0.25) is 0 Å². The zero-order chi connectivity index (χ0) is 45.8. The van der Waals surface area contributed by atoms with Gasteiger partial charge in [-0.3, -0.25) is 9.97 Å². The number of hydrogen-bond acceptors (Lipinski definition) is 3. The van der Waals surface area contributed by atoms with Crippen molar-refractivity contribution < 1.29 is 25.8 Å². The zero-order valence-electron chi connectivity index (χ0n) is 39.4. The van der Waals surface area contributed by atoms with Gasteiger partial charge in [-0.05, 0) is 156 Å². The quantitative estimate of drug-likeness (QED) is 0.123. The first kappa shape index (κ1) is 43.3. The normalized spacial score (nSPS) is 11.7. The van der Waals surface area contributed by atoms with Gasteiger partial charge in [0.1, 0.15) is 0 Å². The van der Waals surface area contributed by atoms with Crippen LogP contribution in [0.15, 0.2) is 146 Å². The molecule has 0 radical (unpaired) electrons. The van der Waals surface area contributed by atoms with Crippen LogP contribution in [0.4, 0.5) is 0 Å². The number of aromatic nitrogens is 4. The molecule has 0 N–H and O–H groups in total. The first-order chi connectivity index (χ1) is 32.5. The molecular weight excluding hydrogens is 1010 g/mol. The summed E-state index contributed by atoms with van der Waals surface area (Å²) in [6.45, 7) is 17.7. The molecule has 6 heteroatoms. The number of nitrogens with zero attached hydrogens (tertiary/aromatic N) is 4. The molecule has 4 aromatic heterocycles. The van der Waals surface area contributed by atoms with E-state index in [9.17, 15) is 0 Å². The van der Waals surface area contributed by atoms with Crippen LogP contribution < -0.4 is 4.74 Å². The smallest absolute Gasteiger partial charge is 0.497 e. The van der Waals surface area contributed by atoms with Crippen molar-refractivity contribution in [1.82, 2.24) is 18.8 Å². The summed E-state index contributed by atoms with van der Waals surface area (Å²) in [5.41, 5.74) is 23.6. The molecule has 332 valence electrons. The molecule has 4 heterocycles. The molecule has 0 fully saturated rings. The van der Waals surface area contributed by atoms with E-state index in [-0.39, 0.29) is 21.1 Å². The van der Waals surface area contributed by atoms with Crippen LogP contribution in [0.2, 0.25) is 0 Å². The Morgan fingerprint density at radius 3 is 1.09 bits per heavy atom. The van der Waals surface area contributed by atoms with E-state index in [2.05, 4.69) is 198 Å². The van der Waals surface area contributed by atoms with Gasteiger partial charge in [0.15, 0.2) is 0 Å². The van der Waals surface area contributed by atoms with Crippen LogP contribution in [0.1, 0.15) is 44.5 Å². The predicted molar refractivity (Wildman–Crippen MR) is 278 cm³/mol. The van der Waals surface area contributed by atoms with E-state index in [0.717, 1.165) is 54.6 Å². The minimum Gasteiger partial charge on any atom is -0.497 e. The van der Waals surface area contributed by atoms with E-state index in [1.807, 2.05) is 24.5 Å². The standard InChI is InChI=1S/C62H48N4O.Pt/c1-35-13-9-14-36(2)55(35)43-29-49-47-23-21-45(33-51(47)61-63-25-27-65(61)59(49)53(31-43)57-39(5)17-11-18-40(57)6)67-46-22-24-48-50-30-44(56-37(3)15-10-16-38(56)4)32-54(58-41(7)19-12-20-42(58)8)60(50)66-28-26-64-62(66)52(48)34-46;/h9-32H,1-8H3;/q-2;+2. The van der Waals surface area contributed by atoms with Gasteiger partial charge in [0, 0.05) is 58.4 Å². The molecule has 0 aliphatic carbocycles. The summed E-state index contributed by atoms with van der Waals surface area (Å²) < 4.78 is 11.2. The van der Waals surface area contributed by atoms with Crippen molar-refractivity contribution in [1.29, 1.82) is 0 Å². The molecule has 0 saturated carbocycles. The molecule has 0 unspecified atom stereocenters. The molecule has 0 amide bonds. The van der Waals surface area contributed by atoms with Crippen LogP contribution in [-0.4, -0.2) is 18.8 Å². The van der Waals surface area contributed by atoms with Gasteiger partial charge in [0.25, 0.3) is 0 Å². The van der Waals surface area contributed by atoms with Crippen molar-refractivity contribution in [3.8, 4) is 56.0 Å². The summed E-state index contributed by atoms with van der Waals surface area (Å²) >= 11 is 0. The van der Waals surface area contributed by atoms with Crippen LogP contribution in [0.5, 0.6) is 11.5 Å². The van der Waals surface area contributed by atoms with Gasteiger partial charge < -0.3 is 13.5 Å². The monoisotopic (exact) mass is 1060 g/mol. The third-order valence-corrected chi connectivity index (χ3v) is 14.1. The van der Waals surface area contributed by atoms with Crippen LogP contribution in [0.3, 0.4) is 0 Å². The largest absolute Gasteiger partial charge is 2.00 e. The molecule has 0 atom stereocenters. The van der Waals surface area contributed by atoms with E-state index in [0.29, 0.717) is 11.5 Å². The van der Waals surface area contributed by atoms with Gasteiger partial charge in [-0.15, -0.1) is 12.1 Å². The summed E-state index contributed by atoms with van der Waals surface area (Å²) in [6.07, 6.45) is 7.92. The minimum absolute atomic E-state index is 0. The summed E-state index contributed by atoms with van der Waals surface area (Å²) in [4.78, 5) is 9.94. The Kier molecular flexibility index (Phi) is 10.5. The Labute approximate surface area is 411 Å². The summed E-state index contributed by atoms with van der Waals surface area (Å²) in [6, 6.07) is 51.5. The van der Waals surface area contributed by atoms with Crippen molar-refractivity contribution in [3.05, 3.63) is 203 Å². The van der Waals surface area contributed by atoms with Crippen molar-refractivity contribution >= 4 is 54.6 Å². The van der Waals surface area contributed by atoms with E-state index in [4.69, 9.17) is 14.7 Å². The molecular formula is C62H48N4OPt. The fourth-order valence-corrected chi connectivity index (χ4v) is 11.2. The number of pyridine rings is 2. The molecule has 12 aromatic rings. The Hall–Kier alpha value is -7.33. The van der Waals surface area contributed by atoms with Gasteiger partial charge in [0.05, 0.1) is 11.3 Å². The average molecular weight is 1060 g/mol. The van der Waals surface area contributed by atoms with Crippen molar-refractivity contribution in [3.63, 3.8) is 0 Å². The topological polar surface area (TPSA) is 43.8 Å². The maximum atomic E-state index is 6.78. The summed E-state index contributed by atoms with van der Waals surface area (Å²) in [5, 5.41) is 6.17. The van der Waals surface area contributed by atoms with Gasteiger partial charge in [-0.25, -0.2) is 0 Å². The Morgan fingerprint density at radius 1 is 0.397 bits per heavy atom. The number of aryl methyl sites for hydroxylation is 8. The number of fused-ring (bicyclic) bond motifs is 12. The SMILES string of the molecule is Cc1cccc(C)c1-c1cc(-c2c(C)cccc2C)c2c(c1)c1ccc(Oc3[c-]c4c(cc3)c3cc(-c5c(C)cccc5C)cc(-c5c(C)cccc5C)c3n3ccnc43)[c-]c1c1nccn12.[Pt+2]. The van der Waals surface area contributed by atoms with Crippen molar-refractivity contribution in [2.75, 3.05) is 0 Å². The zero-order valence-corrected chi connectivity index (χ0v) is 41.6. The number of ether oxygens (including phenoxy) is 1. The van der Waals surface area contributed by atoms with Crippen molar-refractivity contribution in [2.24, 2.45) is 0 Å². The van der Waals surface area contributed by atoms with Crippen LogP contribution in [0, 0.1) is 67.5 Å². The summed E-state index contributed by atoms with van der Waals surface area (Å²) in [5.74, 6) is 1.17. The Balaban J connectivity index is 0.00000507. The third-order valence-electron chi connectivity index (χ3n) is 14.1. The Bertz CT molecular complexity index is 3720. The second-order valence-electron chi connectivity index (χ2n) is 18.5. The Morgan fingerprint density at radius 2 is 0.735 bits per heavy atom. The van der Waals surface area contributed by atoms with E-state index in [1.165, 1.54) is 89.0 Å². The first-order valence-electron chi connectivity index (χ1n) is 23.1. The second-order valence-corrected chi connectivity index (χ2v) is 18.5. The maximum Gasteiger partial charge on any atom is 2.00 e. The summed E-state index contributed by atoms with van der Waals surface area (Å²) in [7, 11) is 0.